The lowest BCUT2D eigenvalue weighted by Crippen LogP contribution is -2.41. The summed E-state index contributed by atoms with van der Waals surface area (Å²) in [6.07, 6.45) is 2.42. The van der Waals surface area contributed by atoms with Gasteiger partial charge in [0.15, 0.2) is 11.5 Å². The highest BCUT2D eigenvalue weighted by Crippen LogP contribution is 2.19. The molecule has 4 rings (SSSR count). The summed E-state index contributed by atoms with van der Waals surface area (Å²) in [6.45, 7) is 5.47. The second-order valence-corrected chi connectivity index (χ2v) is 6.09. The minimum atomic E-state index is -0.136. The molecule has 0 amide bonds. The van der Waals surface area contributed by atoms with Crippen molar-refractivity contribution in [3.63, 3.8) is 0 Å². The van der Waals surface area contributed by atoms with Crippen LogP contribution in [0.25, 0.3) is 5.65 Å². The highest BCUT2D eigenvalue weighted by atomic mass is 16.5. The molecule has 0 spiro atoms. The van der Waals surface area contributed by atoms with Crippen LogP contribution >= 0.6 is 0 Å². The van der Waals surface area contributed by atoms with Crippen molar-refractivity contribution in [2.24, 2.45) is 0 Å². The third-order valence-electron chi connectivity index (χ3n) is 4.44. The number of H-pyrrole nitrogens is 1. The Bertz CT molecular complexity index is 912. The highest BCUT2D eigenvalue weighted by molar-refractivity contribution is 5.35. The van der Waals surface area contributed by atoms with Crippen molar-refractivity contribution in [1.29, 1.82) is 0 Å². The number of nitrogens with one attached hydrogen (secondary N) is 1. The van der Waals surface area contributed by atoms with Crippen molar-refractivity contribution in [3.8, 4) is 0 Å². The normalized spacial score (nSPS) is 18.8. The number of aromatic amines is 1. The summed E-state index contributed by atoms with van der Waals surface area (Å²) in [7, 11) is 0. The molecule has 1 atom stereocenters. The third kappa shape index (κ3) is 3.20. The van der Waals surface area contributed by atoms with E-state index in [0.717, 1.165) is 25.3 Å². The van der Waals surface area contributed by atoms with Gasteiger partial charge in [0.25, 0.3) is 0 Å². The van der Waals surface area contributed by atoms with E-state index in [-0.39, 0.29) is 11.8 Å². The number of hydrogen-bond donors (Lipinski definition) is 1. The van der Waals surface area contributed by atoms with Gasteiger partial charge >= 0.3 is 5.69 Å². The van der Waals surface area contributed by atoms with Gasteiger partial charge in [-0.05, 0) is 12.1 Å². The Balaban J connectivity index is 1.42. The first kappa shape index (κ1) is 16.0. The molecule has 1 fully saturated rings. The minimum absolute atomic E-state index is 0.109. The first-order valence-electron chi connectivity index (χ1n) is 8.54. The van der Waals surface area contributed by atoms with Gasteiger partial charge < -0.3 is 4.74 Å². The molecule has 9 heteroatoms. The number of fused-ring (bicyclic) bond motifs is 1. The number of ether oxygens (including phenoxy) is 1. The number of hydrogen-bond acceptors (Lipinski definition) is 6. The van der Waals surface area contributed by atoms with E-state index in [4.69, 9.17) is 4.74 Å². The monoisotopic (exact) mass is 343 g/mol. The second kappa shape index (κ2) is 6.77. The standard InChI is InChI=1S/C16H21N7O2/c1-2-13-17-15(19-18-13)12-11-21(9-10-25-12)7-8-23-16(24)22-6-4-3-5-14(22)20-23/h3-6,12H,2,7-11H2,1H3,(H,17,18,19)/t12-/m0/s1. The van der Waals surface area contributed by atoms with Crippen LogP contribution in [0, 0.1) is 0 Å². The van der Waals surface area contributed by atoms with Crippen molar-refractivity contribution in [2.45, 2.75) is 26.0 Å². The van der Waals surface area contributed by atoms with E-state index < -0.39 is 0 Å². The van der Waals surface area contributed by atoms with Crippen molar-refractivity contribution >= 4 is 5.65 Å². The number of pyridine rings is 1. The molecule has 0 aliphatic carbocycles. The largest absolute Gasteiger partial charge is 0.367 e. The maximum atomic E-state index is 12.3. The predicted molar refractivity (Wildman–Crippen MR) is 90.3 cm³/mol. The summed E-state index contributed by atoms with van der Waals surface area (Å²) in [6, 6.07) is 5.53. The Kier molecular flexibility index (Phi) is 4.33. The molecule has 0 radical (unpaired) electrons. The van der Waals surface area contributed by atoms with Gasteiger partial charge in [-0.25, -0.2) is 14.5 Å². The Labute approximate surface area is 144 Å². The fourth-order valence-electron chi connectivity index (χ4n) is 3.02. The van der Waals surface area contributed by atoms with Crippen LogP contribution in [0.1, 0.15) is 24.7 Å². The van der Waals surface area contributed by atoms with Crippen LogP contribution in [0.2, 0.25) is 0 Å². The minimum Gasteiger partial charge on any atom is -0.367 e. The van der Waals surface area contributed by atoms with Crippen LogP contribution < -0.4 is 5.69 Å². The summed E-state index contributed by atoms with van der Waals surface area (Å²) >= 11 is 0. The molecule has 132 valence electrons. The highest BCUT2D eigenvalue weighted by Gasteiger charge is 2.25. The molecule has 0 bridgehead atoms. The quantitative estimate of drug-likeness (QED) is 0.714. The summed E-state index contributed by atoms with van der Waals surface area (Å²) < 4.78 is 8.87. The Morgan fingerprint density at radius 2 is 2.28 bits per heavy atom. The third-order valence-corrected chi connectivity index (χ3v) is 4.44. The summed E-state index contributed by atoms with van der Waals surface area (Å²) in [5.41, 5.74) is 0.558. The lowest BCUT2D eigenvalue weighted by molar-refractivity contribution is -0.0353. The molecule has 1 aliphatic rings. The summed E-state index contributed by atoms with van der Waals surface area (Å²) in [5, 5.41) is 11.5. The molecular weight excluding hydrogens is 322 g/mol. The fourth-order valence-corrected chi connectivity index (χ4v) is 3.02. The molecule has 3 aromatic rings. The van der Waals surface area contributed by atoms with Gasteiger partial charge in [0, 0.05) is 32.3 Å². The van der Waals surface area contributed by atoms with E-state index in [0.29, 0.717) is 31.2 Å². The van der Waals surface area contributed by atoms with Crippen LogP contribution in [0.5, 0.6) is 0 Å². The zero-order chi connectivity index (χ0) is 17.2. The molecule has 0 unspecified atom stereocenters. The smallest absolute Gasteiger partial charge is 0.350 e. The first-order chi connectivity index (χ1) is 12.2. The van der Waals surface area contributed by atoms with Gasteiger partial charge in [0.05, 0.1) is 13.2 Å². The number of aryl methyl sites for hydroxylation is 1. The molecule has 25 heavy (non-hydrogen) atoms. The van der Waals surface area contributed by atoms with Crippen LogP contribution in [-0.4, -0.2) is 60.5 Å². The van der Waals surface area contributed by atoms with Crippen molar-refractivity contribution in [2.75, 3.05) is 26.2 Å². The van der Waals surface area contributed by atoms with Crippen LogP contribution in [0.4, 0.5) is 0 Å². The number of nitrogens with zero attached hydrogens (tertiary/aromatic N) is 6. The van der Waals surface area contributed by atoms with Gasteiger partial charge in [-0.2, -0.15) is 5.10 Å². The molecule has 4 heterocycles. The Morgan fingerprint density at radius 3 is 3.08 bits per heavy atom. The van der Waals surface area contributed by atoms with Crippen LogP contribution in [0.3, 0.4) is 0 Å². The van der Waals surface area contributed by atoms with Gasteiger partial charge in [0.1, 0.15) is 11.9 Å². The fraction of sp³-hybridized carbons (Fsp3) is 0.500. The molecule has 1 aliphatic heterocycles. The molecule has 0 aromatic carbocycles. The summed E-state index contributed by atoms with van der Waals surface area (Å²) in [5.74, 6) is 1.57. The maximum absolute atomic E-state index is 12.3. The van der Waals surface area contributed by atoms with E-state index in [9.17, 15) is 4.79 Å². The molecular formula is C16H21N7O2. The van der Waals surface area contributed by atoms with E-state index in [1.54, 1.807) is 10.6 Å². The van der Waals surface area contributed by atoms with Crippen LogP contribution in [-0.2, 0) is 17.7 Å². The zero-order valence-corrected chi connectivity index (χ0v) is 14.1. The van der Waals surface area contributed by atoms with Gasteiger partial charge in [-0.3, -0.25) is 14.4 Å². The number of aromatic nitrogens is 6. The first-order valence-corrected chi connectivity index (χ1v) is 8.54. The molecule has 1 saturated heterocycles. The van der Waals surface area contributed by atoms with Gasteiger partial charge in [0.2, 0.25) is 0 Å². The van der Waals surface area contributed by atoms with E-state index in [1.165, 1.54) is 4.68 Å². The summed E-state index contributed by atoms with van der Waals surface area (Å²) in [4.78, 5) is 19.0. The van der Waals surface area contributed by atoms with Gasteiger partial charge in [-0.1, -0.05) is 13.0 Å². The van der Waals surface area contributed by atoms with Crippen molar-refractivity contribution in [3.05, 3.63) is 46.5 Å². The lowest BCUT2D eigenvalue weighted by atomic mass is 10.2. The predicted octanol–water partition coefficient (Wildman–Crippen LogP) is 0.250. The van der Waals surface area contributed by atoms with Crippen molar-refractivity contribution in [1.82, 2.24) is 34.3 Å². The average Bonchev–Trinajstić information content (AvgIpc) is 3.26. The molecule has 3 aromatic heterocycles. The van der Waals surface area contributed by atoms with E-state index >= 15 is 0 Å². The average molecular weight is 343 g/mol. The van der Waals surface area contributed by atoms with Crippen molar-refractivity contribution < 1.29 is 4.74 Å². The number of rotatable bonds is 5. The molecule has 9 nitrogen and oxygen atoms in total. The molecule has 0 saturated carbocycles. The van der Waals surface area contributed by atoms with Gasteiger partial charge in [-0.15, -0.1) is 5.10 Å². The SMILES string of the molecule is CCc1nc([C@@H]2CN(CCn3nc4ccccn4c3=O)CCO2)n[nH]1. The van der Waals surface area contributed by atoms with E-state index in [2.05, 4.69) is 25.2 Å². The van der Waals surface area contributed by atoms with Crippen LogP contribution in [0.15, 0.2) is 29.2 Å². The van der Waals surface area contributed by atoms with E-state index in [1.807, 2.05) is 25.1 Å². The zero-order valence-electron chi connectivity index (χ0n) is 14.1. The lowest BCUT2D eigenvalue weighted by Gasteiger charge is -2.31. The molecule has 1 N–H and O–H groups in total. The topological polar surface area (TPSA) is 93.3 Å². The Morgan fingerprint density at radius 1 is 1.36 bits per heavy atom. The maximum Gasteiger partial charge on any atom is 0.350 e. The number of morpholine rings is 1. The second-order valence-electron chi connectivity index (χ2n) is 6.09. The Hall–Kier alpha value is -2.52.